The molecule has 0 saturated carbocycles. The normalized spacial score (nSPS) is 10.1. The highest BCUT2D eigenvalue weighted by atomic mass is 127. The number of hydrogen-bond acceptors (Lipinski definition) is 4. The number of aromatic hydroxyl groups is 1. The molecule has 3 N–H and O–H groups in total. The van der Waals surface area contributed by atoms with Crippen LogP contribution in [0.3, 0.4) is 0 Å². The van der Waals surface area contributed by atoms with Gasteiger partial charge in [-0.3, -0.25) is 9.59 Å². The van der Waals surface area contributed by atoms with Gasteiger partial charge in [-0.15, -0.1) is 0 Å². The molecule has 1 aromatic carbocycles. The molecule has 18 heavy (non-hydrogen) atoms. The maximum Gasteiger partial charge on any atom is 0.264 e. The lowest BCUT2D eigenvalue weighted by Crippen LogP contribution is -2.15. The standard InChI is InChI=1S/C11H8IN3O3/c12-7-2-1-6(5-8(7)16)11(18)13-9-3-4-10(17)15-14-9/h1-5,16H,(H,15,17)(H,13,14,18). The molecule has 0 aliphatic carbocycles. The van der Waals surface area contributed by atoms with E-state index in [2.05, 4.69) is 15.5 Å². The van der Waals surface area contributed by atoms with Crippen LogP contribution >= 0.6 is 22.6 Å². The molecule has 0 saturated heterocycles. The van der Waals surface area contributed by atoms with E-state index in [1.807, 2.05) is 22.6 Å². The van der Waals surface area contributed by atoms with E-state index in [0.717, 1.165) is 0 Å². The Bertz CT molecular complexity index is 634. The summed E-state index contributed by atoms with van der Waals surface area (Å²) < 4.78 is 0.659. The van der Waals surface area contributed by atoms with Crippen molar-refractivity contribution in [2.75, 3.05) is 5.32 Å². The Labute approximate surface area is 115 Å². The number of nitrogens with one attached hydrogen (secondary N) is 2. The lowest BCUT2D eigenvalue weighted by molar-refractivity contribution is 0.102. The minimum atomic E-state index is -0.416. The van der Waals surface area contributed by atoms with Gasteiger partial charge in [0.25, 0.3) is 11.5 Å². The minimum absolute atomic E-state index is 0.0395. The average Bonchev–Trinajstić information content (AvgIpc) is 2.35. The molecule has 0 fully saturated rings. The lowest BCUT2D eigenvalue weighted by Gasteiger charge is -2.04. The summed E-state index contributed by atoms with van der Waals surface area (Å²) in [4.78, 5) is 22.6. The van der Waals surface area contributed by atoms with Crippen LogP contribution in [0.5, 0.6) is 5.75 Å². The molecule has 2 aromatic rings. The Balaban J connectivity index is 2.19. The average molecular weight is 357 g/mol. The van der Waals surface area contributed by atoms with Crippen molar-refractivity contribution in [2.45, 2.75) is 0 Å². The highest BCUT2D eigenvalue weighted by Gasteiger charge is 2.09. The molecule has 0 aliphatic heterocycles. The predicted molar refractivity (Wildman–Crippen MR) is 73.6 cm³/mol. The molecular formula is C11H8IN3O3. The van der Waals surface area contributed by atoms with Gasteiger partial charge in [-0.25, -0.2) is 5.10 Å². The first-order chi connectivity index (χ1) is 8.56. The number of halogens is 1. The molecule has 0 bridgehead atoms. The number of anilines is 1. The van der Waals surface area contributed by atoms with Crippen molar-refractivity contribution in [2.24, 2.45) is 0 Å². The molecule has 92 valence electrons. The summed E-state index contributed by atoms with van der Waals surface area (Å²) >= 11 is 1.96. The number of H-pyrrole nitrogens is 1. The van der Waals surface area contributed by atoms with Crippen molar-refractivity contribution in [3.8, 4) is 5.75 Å². The number of nitrogens with zero attached hydrogens (tertiary/aromatic N) is 1. The molecule has 6 nitrogen and oxygen atoms in total. The summed E-state index contributed by atoms with van der Waals surface area (Å²) in [5, 5.41) is 17.9. The number of benzene rings is 1. The van der Waals surface area contributed by atoms with Crippen molar-refractivity contribution in [1.29, 1.82) is 0 Å². The van der Waals surface area contributed by atoms with Gasteiger partial charge in [-0.05, 0) is 46.9 Å². The maximum atomic E-state index is 11.8. The number of phenolic OH excluding ortho intramolecular Hbond substituents is 1. The number of hydrogen-bond donors (Lipinski definition) is 3. The van der Waals surface area contributed by atoms with E-state index in [0.29, 0.717) is 9.13 Å². The van der Waals surface area contributed by atoms with Crippen molar-refractivity contribution in [3.63, 3.8) is 0 Å². The number of amides is 1. The minimum Gasteiger partial charge on any atom is -0.507 e. The van der Waals surface area contributed by atoms with E-state index in [1.165, 1.54) is 18.2 Å². The summed E-state index contributed by atoms with van der Waals surface area (Å²) in [5.74, 6) is -0.142. The van der Waals surface area contributed by atoms with E-state index >= 15 is 0 Å². The van der Waals surface area contributed by atoms with Crippen LogP contribution < -0.4 is 10.9 Å². The second-order valence-electron chi connectivity index (χ2n) is 3.43. The van der Waals surface area contributed by atoms with Crippen molar-refractivity contribution < 1.29 is 9.90 Å². The molecule has 7 heteroatoms. The van der Waals surface area contributed by atoms with Gasteiger partial charge in [-0.1, -0.05) is 0 Å². The van der Waals surface area contributed by atoms with Gasteiger partial charge in [0.05, 0.1) is 3.57 Å². The van der Waals surface area contributed by atoms with Crippen LogP contribution in [0.2, 0.25) is 0 Å². The van der Waals surface area contributed by atoms with Crippen LogP contribution in [0, 0.1) is 3.57 Å². The second-order valence-corrected chi connectivity index (χ2v) is 4.59. The summed E-state index contributed by atoms with van der Waals surface area (Å²) in [6.45, 7) is 0. The monoisotopic (exact) mass is 357 g/mol. The van der Waals surface area contributed by atoms with Gasteiger partial charge in [0, 0.05) is 11.6 Å². The third-order valence-electron chi connectivity index (χ3n) is 2.13. The van der Waals surface area contributed by atoms with Gasteiger partial charge >= 0.3 is 0 Å². The van der Waals surface area contributed by atoms with Gasteiger partial charge in [-0.2, -0.15) is 5.10 Å². The maximum absolute atomic E-state index is 11.8. The molecule has 2 rings (SSSR count). The van der Waals surface area contributed by atoms with Gasteiger partial charge in [0.2, 0.25) is 0 Å². The molecule has 0 spiro atoms. The number of phenols is 1. The molecule has 1 aromatic heterocycles. The Morgan fingerprint density at radius 2 is 2.11 bits per heavy atom. The third-order valence-corrected chi connectivity index (χ3v) is 3.04. The number of carbonyl (C=O) groups is 1. The molecule has 0 radical (unpaired) electrons. The highest BCUT2D eigenvalue weighted by molar-refractivity contribution is 14.1. The molecule has 1 amide bonds. The molecule has 1 heterocycles. The van der Waals surface area contributed by atoms with Gasteiger partial charge < -0.3 is 10.4 Å². The second kappa shape index (κ2) is 5.17. The zero-order valence-corrected chi connectivity index (χ0v) is 11.1. The topological polar surface area (TPSA) is 95.1 Å². The van der Waals surface area contributed by atoms with Gasteiger partial charge in [0.15, 0.2) is 5.82 Å². The van der Waals surface area contributed by atoms with Crippen LogP contribution in [0.15, 0.2) is 35.1 Å². The van der Waals surface area contributed by atoms with Crippen molar-refractivity contribution in [3.05, 3.63) is 49.8 Å². The van der Waals surface area contributed by atoms with Crippen molar-refractivity contribution >= 4 is 34.3 Å². The zero-order valence-electron chi connectivity index (χ0n) is 8.98. The van der Waals surface area contributed by atoms with Crippen LogP contribution in [0.4, 0.5) is 5.82 Å². The van der Waals surface area contributed by atoms with E-state index in [4.69, 9.17) is 0 Å². The first-order valence-corrected chi connectivity index (χ1v) is 6.00. The van der Waals surface area contributed by atoms with Crippen LogP contribution in [-0.2, 0) is 0 Å². The molecular weight excluding hydrogens is 349 g/mol. The third kappa shape index (κ3) is 2.86. The lowest BCUT2D eigenvalue weighted by atomic mass is 10.2. The highest BCUT2D eigenvalue weighted by Crippen LogP contribution is 2.20. The first kappa shape index (κ1) is 12.6. The summed E-state index contributed by atoms with van der Waals surface area (Å²) in [7, 11) is 0. The van der Waals surface area contributed by atoms with E-state index in [9.17, 15) is 14.7 Å². The summed E-state index contributed by atoms with van der Waals surface area (Å²) in [5.41, 5.74) is -0.0409. The SMILES string of the molecule is O=C(Nc1ccc(=O)[nH]n1)c1ccc(I)c(O)c1. The largest absolute Gasteiger partial charge is 0.507 e. The molecule has 0 atom stereocenters. The number of aromatic nitrogens is 2. The van der Waals surface area contributed by atoms with Gasteiger partial charge in [0.1, 0.15) is 5.75 Å². The fourth-order valence-electron chi connectivity index (χ4n) is 1.26. The molecule has 0 unspecified atom stereocenters. The number of carbonyl (C=O) groups excluding carboxylic acids is 1. The fourth-order valence-corrected chi connectivity index (χ4v) is 1.59. The van der Waals surface area contributed by atoms with E-state index in [-0.39, 0.29) is 17.1 Å². The number of rotatable bonds is 2. The van der Waals surface area contributed by atoms with Crippen LogP contribution in [0.1, 0.15) is 10.4 Å². The zero-order chi connectivity index (χ0) is 13.1. The predicted octanol–water partition coefficient (Wildman–Crippen LogP) is 1.33. The quantitative estimate of drug-likeness (QED) is 0.707. The Hall–Kier alpha value is -1.90. The Morgan fingerprint density at radius 1 is 1.33 bits per heavy atom. The van der Waals surface area contributed by atoms with E-state index in [1.54, 1.807) is 12.1 Å². The van der Waals surface area contributed by atoms with Crippen LogP contribution in [0.25, 0.3) is 0 Å². The fraction of sp³-hybridized carbons (Fsp3) is 0. The van der Waals surface area contributed by atoms with E-state index < -0.39 is 5.91 Å². The smallest absolute Gasteiger partial charge is 0.264 e. The molecule has 0 aliphatic rings. The summed E-state index contributed by atoms with van der Waals surface area (Å²) in [6, 6.07) is 7.23. The van der Waals surface area contributed by atoms with Crippen molar-refractivity contribution in [1.82, 2.24) is 10.2 Å². The Kier molecular flexibility index (Phi) is 3.60. The Morgan fingerprint density at radius 3 is 2.72 bits per heavy atom. The number of aromatic amines is 1. The first-order valence-electron chi connectivity index (χ1n) is 4.92. The van der Waals surface area contributed by atoms with Crippen LogP contribution in [-0.4, -0.2) is 21.2 Å². The summed E-state index contributed by atoms with van der Waals surface area (Å²) in [6.07, 6.45) is 0.